The lowest BCUT2D eigenvalue weighted by Gasteiger charge is -2.22. The predicted octanol–water partition coefficient (Wildman–Crippen LogP) is 3.41. The Morgan fingerprint density at radius 2 is 2.00 bits per heavy atom. The summed E-state index contributed by atoms with van der Waals surface area (Å²) < 4.78 is 0. The lowest BCUT2D eigenvalue weighted by atomic mass is 9.89. The van der Waals surface area contributed by atoms with E-state index in [0.717, 1.165) is 35.1 Å². The molecule has 0 saturated heterocycles. The van der Waals surface area contributed by atoms with Gasteiger partial charge in [-0.25, -0.2) is 0 Å². The van der Waals surface area contributed by atoms with Crippen LogP contribution in [-0.2, 0) is 0 Å². The molecular formula is C15H20N2S. The molecule has 96 valence electrons. The summed E-state index contributed by atoms with van der Waals surface area (Å²) in [7, 11) is 0. The summed E-state index contributed by atoms with van der Waals surface area (Å²) in [5.74, 6) is 2.82. The van der Waals surface area contributed by atoms with Gasteiger partial charge >= 0.3 is 0 Å². The van der Waals surface area contributed by atoms with Crippen LogP contribution in [0.3, 0.4) is 0 Å². The molecule has 3 atom stereocenters. The number of hydrogen-bond acceptors (Lipinski definition) is 1. The molecule has 1 aromatic rings. The van der Waals surface area contributed by atoms with E-state index in [-0.39, 0.29) is 0 Å². The Kier molecular flexibility index (Phi) is 3.50. The van der Waals surface area contributed by atoms with Crippen molar-refractivity contribution in [2.45, 2.75) is 25.7 Å². The molecule has 0 amide bonds. The van der Waals surface area contributed by atoms with Crippen molar-refractivity contribution in [1.82, 2.24) is 5.32 Å². The molecule has 3 heteroatoms. The molecule has 2 saturated carbocycles. The zero-order valence-electron chi connectivity index (χ0n) is 10.6. The quantitative estimate of drug-likeness (QED) is 0.814. The fourth-order valence-corrected chi connectivity index (χ4v) is 3.75. The maximum Gasteiger partial charge on any atom is 0.170 e. The number of para-hydroxylation sites is 1. The maximum atomic E-state index is 5.33. The highest BCUT2D eigenvalue weighted by molar-refractivity contribution is 7.80. The van der Waals surface area contributed by atoms with Crippen molar-refractivity contribution in [3.63, 3.8) is 0 Å². The van der Waals surface area contributed by atoms with E-state index < -0.39 is 0 Å². The van der Waals surface area contributed by atoms with Gasteiger partial charge in [0.25, 0.3) is 0 Å². The summed E-state index contributed by atoms with van der Waals surface area (Å²) in [6, 6.07) is 10.1. The lowest BCUT2D eigenvalue weighted by molar-refractivity contribution is 0.332. The van der Waals surface area contributed by atoms with E-state index in [1.807, 2.05) is 30.3 Å². The average molecular weight is 260 g/mol. The van der Waals surface area contributed by atoms with Gasteiger partial charge in [0.15, 0.2) is 5.11 Å². The Labute approximate surface area is 114 Å². The molecule has 3 unspecified atom stereocenters. The van der Waals surface area contributed by atoms with E-state index in [9.17, 15) is 0 Å². The van der Waals surface area contributed by atoms with Crippen LogP contribution in [0, 0.1) is 17.8 Å². The normalized spacial score (nSPS) is 29.2. The van der Waals surface area contributed by atoms with E-state index in [0.29, 0.717) is 0 Å². The van der Waals surface area contributed by atoms with Crippen LogP contribution in [0.5, 0.6) is 0 Å². The largest absolute Gasteiger partial charge is 0.362 e. The highest BCUT2D eigenvalue weighted by Crippen LogP contribution is 2.47. The molecule has 2 aliphatic carbocycles. The predicted molar refractivity (Wildman–Crippen MR) is 79.6 cm³/mol. The summed E-state index contributed by atoms with van der Waals surface area (Å²) in [5, 5.41) is 7.36. The molecule has 2 N–H and O–H groups in total. The Bertz CT molecular complexity index is 418. The molecule has 0 radical (unpaired) electrons. The van der Waals surface area contributed by atoms with Gasteiger partial charge in [-0.15, -0.1) is 0 Å². The molecule has 2 fully saturated rings. The molecular weight excluding hydrogens is 240 g/mol. The molecule has 0 spiro atoms. The topological polar surface area (TPSA) is 24.1 Å². The molecule has 2 aliphatic rings. The zero-order valence-corrected chi connectivity index (χ0v) is 11.4. The summed E-state index contributed by atoms with van der Waals surface area (Å²) in [4.78, 5) is 0. The van der Waals surface area contributed by atoms with E-state index in [1.165, 1.54) is 25.7 Å². The highest BCUT2D eigenvalue weighted by Gasteiger charge is 2.39. The third-order valence-corrected chi connectivity index (χ3v) is 4.69. The standard InChI is InChI=1S/C15H20N2S/c18-15(17-14-4-2-1-3-5-14)16-10-13-9-11-6-7-12(13)8-11/h1-5,11-13H,6-10H2,(H2,16,17,18). The minimum atomic E-state index is 0.754. The Morgan fingerprint density at radius 3 is 2.67 bits per heavy atom. The summed E-state index contributed by atoms with van der Waals surface area (Å²) in [5.41, 5.74) is 1.06. The van der Waals surface area contributed by atoms with E-state index in [2.05, 4.69) is 10.6 Å². The number of nitrogens with one attached hydrogen (secondary N) is 2. The first-order chi connectivity index (χ1) is 8.81. The minimum absolute atomic E-state index is 0.754. The summed E-state index contributed by atoms with van der Waals surface area (Å²) in [6.45, 7) is 1.04. The van der Waals surface area contributed by atoms with Gasteiger partial charge in [0, 0.05) is 12.2 Å². The maximum absolute atomic E-state index is 5.33. The Morgan fingerprint density at radius 1 is 1.17 bits per heavy atom. The van der Waals surface area contributed by atoms with Gasteiger partial charge in [-0.3, -0.25) is 0 Å². The number of hydrogen-bond donors (Lipinski definition) is 2. The first-order valence-corrected chi connectivity index (χ1v) is 7.32. The van der Waals surface area contributed by atoms with Crippen LogP contribution in [0.2, 0.25) is 0 Å². The van der Waals surface area contributed by atoms with Crippen molar-refractivity contribution in [2.24, 2.45) is 17.8 Å². The summed E-state index contributed by atoms with van der Waals surface area (Å²) >= 11 is 5.33. The number of benzene rings is 1. The van der Waals surface area contributed by atoms with E-state index in [4.69, 9.17) is 12.2 Å². The van der Waals surface area contributed by atoms with Gasteiger partial charge in [0.2, 0.25) is 0 Å². The lowest BCUT2D eigenvalue weighted by Crippen LogP contribution is -2.34. The second kappa shape index (κ2) is 5.27. The third-order valence-electron chi connectivity index (χ3n) is 4.44. The molecule has 0 aromatic heterocycles. The van der Waals surface area contributed by atoms with Gasteiger partial charge in [-0.05, 0) is 61.4 Å². The van der Waals surface area contributed by atoms with Gasteiger partial charge in [0.05, 0.1) is 0 Å². The molecule has 0 heterocycles. The van der Waals surface area contributed by atoms with Crippen molar-refractivity contribution in [3.05, 3.63) is 30.3 Å². The van der Waals surface area contributed by atoms with E-state index >= 15 is 0 Å². The Hall–Kier alpha value is -1.09. The van der Waals surface area contributed by atoms with Gasteiger partial charge < -0.3 is 10.6 Å². The second-order valence-electron chi connectivity index (χ2n) is 5.64. The first kappa shape index (κ1) is 12.0. The average Bonchev–Trinajstić information content (AvgIpc) is 3.00. The SMILES string of the molecule is S=C(NCC1CC2CCC1C2)Nc1ccccc1. The highest BCUT2D eigenvalue weighted by atomic mass is 32.1. The van der Waals surface area contributed by atoms with Crippen LogP contribution in [0.15, 0.2) is 30.3 Å². The molecule has 18 heavy (non-hydrogen) atoms. The number of thiocarbonyl (C=S) groups is 1. The van der Waals surface area contributed by atoms with Gasteiger partial charge in [-0.1, -0.05) is 24.6 Å². The van der Waals surface area contributed by atoms with Crippen molar-refractivity contribution < 1.29 is 0 Å². The fraction of sp³-hybridized carbons (Fsp3) is 0.533. The fourth-order valence-electron chi connectivity index (χ4n) is 3.55. The number of fused-ring (bicyclic) bond motifs is 2. The van der Waals surface area contributed by atoms with Crippen LogP contribution in [0.1, 0.15) is 25.7 Å². The smallest absolute Gasteiger partial charge is 0.170 e. The van der Waals surface area contributed by atoms with Crippen LogP contribution in [0.25, 0.3) is 0 Å². The van der Waals surface area contributed by atoms with Gasteiger partial charge in [0.1, 0.15) is 0 Å². The van der Waals surface area contributed by atoms with Crippen LogP contribution < -0.4 is 10.6 Å². The molecule has 3 rings (SSSR count). The van der Waals surface area contributed by atoms with Crippen molar-refractivity contribution in [1.29, 1.82) is 0 Å². The number of rotatable bonds is 3. The van der Waals surface area contributed by atoms with Gasteiger partial charge in [-0.2, -0.15) is 0 Å². The minimum Gasteiger partial charge on any atom is -0.362 e. The third kappa shape index (κ3) is 2.66. The van der Waals surface area contributed by atoms with E-state index in [1.54, 1.807) is 0 Å². The summed E-state index contributed by atoms with van der Waals surface area (Å²) in [6.07, 6.45) is 5.78. The molecule has 2 nitrogen and oxygen atoms in total. The van der Waals surface area contributed by atoms with Crippen LogP contribution in [0.4, 0.5) is 5.69 Å². The Balaban J connectivity index is 1.45. The zero-order chi connectivity index (χ0) is 12.4. The monoisotopic (exact) mass is 260 g/mol. The van der Waals surface area contributed by atoms with Crippen LogP contribution >= 0.6 is 12.2 Å². The van der Waals surface area contributed by atoms with Crippen molar-refractivity contribution in [2.75, 3.05) is 11.9 Å². The van der Waals surface area contributed by atoms with Crippen molar-refractivity contribution in [3.8, 4) is 0 Å². The second-order valence-corrected chi connectivity index (χ2v) is 6.04. The molecule has 0 aliphatic heterocycles. The molecule has 1 aromatic carbocycles. The first-order valence-electron chi connectivity index (χ1n) is 6.91. The van der Waals surface area contributed by atoms with Crippen molar-refractivity contribution >= 4 is 23.0 Å². The molecule has 2 bridgehead atoms. The number of anilines is 1. The van der Waals surface area contributed by atoms with Crippen LogP contribution in [-0.4, -0.2) is 11.7 Å².